The number of amides is 2. The van der Waals surface area contributed by atoms with Crippen molar-refractivity contribution < 1.29 is 14.7 Å². The molecule has 3 rings (SSSR count). The fourth-order valence-corrected chi connectivity index (χ4v) is 3.34. The summed E-state index contributed by atoms with van der Waals surface area (Å²) in [4.78, 5) is 24.6. The van der Waals surface area contributed by atoms with Crippen LogP contribution in [-0.2, 0) is 9.59 Å². The van der Waals surface area contributed by atoms with Crippen molar-refractivity contribution in [1.29, 1.82) is 0 Å². The summed E-state index contributed by atoms with van der Waals surface area (Å²) in [6, 6.07) is 11.4. The molecule has 162 valence electrons. The molecule has 0 aromatic heterocycles. The van der Waals surface area contributed by atoms with E-state index in [0.717, 1.165) is 11.3 Å². The van der Waals surface area contributed by atoms with Crippen LogP contribution in [0.3, 0.4) is 0 Å². The number of nitrogens with one attached hydrogen (secondary N) is 4. The third kappa shape index (κ3) is 5.68. The lowest BCUT2D eigenvalue weighted by atomic mass is 10.1. The Morgan fingerprint density at radius 1 is 1.19 bits per heavy atom. The van der Waals surface area contributed by atoms with Crippen LogP contribution in [0.2, 0.25) is 10.0 Å². The number of benzene rings is 2. The number of aliphatic hydroxyl groups is 1. The Bertz CT molecular complexity index is 1070. The molecule has 1 atom stereocenters. The van der Waals surface area contributed by atoms with Crippen LogP contribution in [0.4, 0.5) is 11.4 Å². The van der Waals surface area contributed by atoms with Gasteiger partial charge < -0.3 is 10.4 Å². The number of carbonyl (C=O) groups is 2. The maximum atomic E-state index is 12.3. The summed E-state index contributed by atoms with van der Waals surface area (Å²) in [7, 11) is 0. The van der Waals surface area contributed by atoms with E-state index in [2.05, 4.69) is 26.7 Å². The molecule has 31 heavy (non-hydrogen) atoms. The van der Waals surface area contributed by atoms with Gasteiger partial charge in [0.2, 0.25) is 5.91 Å². The summed E-state index contributed by atoms with van der Waals surface area (Å²) in [5.74, 6) is -1.20. The van der Waals surface area contributed by atoms with Crippen LogP contribution in [0.25, 0.3) is 0 Å². The summed E-state index contributed by atoms with van der Waals surface area (Å²) in [5, 5.41) is 18.0. The standard InChI is InChI=1S/C21H21Cl2N5O3/c1-11-3-6-14(7-4-11)26-25-12(2)19-20(30)17(24-21(19)31)10-18(29)28-27-16-8-5-13(22)9-15(16)23/h3-9,17,26-27,30H,10H2,1-2H3,(H,24,31)(H,28,29). The molecule has 0 saturated heterocycles. The summed E-state index contributed by atoms with van der Waals surface area (Å²) >= 11 is 11.9. The Kier molecular flexibility index (Phi) is 7.04. The van der Waals surface area contributed by atoms with Gasteiger partial charge in [0.1, 0.15) is 11.3 Å². The highest BCUT2D eigenvalue weighted by atomic mass is 35.5. The van der Waals surface area contributed by atoms with Gasteiger partial charge in [-0.15, -0.1) is 0 Å². The number of anilines is 2. The maximum absolute atomic E-state index is 12.3. The van der Waals surface area contributed by atoms with E-state index in [-0.39, 0.29) is 17.8 Å². The zero-order valence-electron chi connectivity index (χ0n) is 16.8. The van der Waals surface area contributed by atoms with Crippen molar-refractivity contribution in [2.75, 3.05) is 10.9 Å². The molecule has 2 aromatic carbocycles. The van der Waals surface area contributed by atoms with Gasteiger partial charge in [0.25, 0.3) is 5.91 Å². The molecular weight excluding hydrogens is 441 g/mol. The number of hydrogen-bond donors (Lipinski definition) is 5. The van der Waals surface area contributed by atoms with E-state index in [1.54, 1.807) is 19.1 Å². The minimum Gasteiger partial charge on any atom is -0.509 e. The average molecular weight is 462 g/mol. The fourth-order valence-electron chi connectivity index (χ4n) is 2.88. The molecular formula is C21H21Cl2N5O3. The number of hydrazine groups is 1. The van der Waals surface area contributed by atoms with Crippen LogP contribution in [0.15, 0.2) is 58.9 Å². The van der Waals surface area contributed by atoms with Crippen LogP contribution in [0, 0.1) is 6.92 Å². The molecule has 2 aromatic rings. The second kappa shape index (κ2) is 9.72. The third-order valence-electron chi connectivity index (χ3n) is 4.54. The molecule has 0 bridgehead atoms. The second-order valence-corrected chi connectivity index (χ2v) is 7.81. The van der Waals surface area contributed by atoms with Crippen molar-refractivity contribution in [3.05, 3.63) is 69.4 Å². The van der Waals surface area contributed by atoms with Gasteiger partial charge in [-0.25, -0.2) is 0 Å². The number of halogens is 2. The van der Waals surface area contributed by atoms with Crippen molar-refractivity contribution in [2.24, 2.45) is 5.10 Å². The molecule has 0 fully saturated rings. The van der Waals surface area contributed by atoms with Gasteiger partial charge in [0.15, 0.2) is 0 Å². The lowest BCUT2D eigenvalue weighted by Crippen LogP contribution is -2.37. The first kappa shape index (κ1) is 22.5. The van der Waals surface area contributed by atoms with Gasteiger partial charge in [0.05, 0.1) is 34.6 Å². The second-order valence-electron chi connectivity index (χ2n) is 6.96. The third-order valence-corrected chi connectivity index (χ3v) is 5.09. The van der Waals surface area contributed by atoms with E-state index in [1.165, 1.54) is 6.07 Å². The van der Waals surface area contributed by atoms with Crippen LogP contribution in [0.5, 0.6) is 0 Å². The van der Waals surface area contributed by atoms with Gasteiger partial charge >= 0.3 is 0 Å². The molecule has 1 heterocycles. The van der Waals surface area contributed by atoms with Gasteiger partial charge in [0, 0.05) is 5.02 Å². The van der Waals surface area contributed by atoms with Crippen LogP contribution < -0.4 is 21.6 Å². The topological polar surface area (TPSA) is 115 Å². The summed E-state index contributed by atoms with van der Waals surface area (Å²) < 4.78 is 0. The molecule has 0 saturated carbocycles. The molecule has 1 aliphatic heterocycles. The Labute approximate surface area is 189 Å². The lowest BCUT2D eigenvalue weighted by Gasteiger charge is -2.13. The van der Waals surface area contributed by atoms with Crippen molar-refractivity contribution in [3.63, 3.8) is 0 Å². The first-order chi connectivity index (χ1) is 14.7. The highest BCUT2D eigenvalue weighted by Crippen LogP contribution is 2.25. The first-order valence-electron chi connectivity index (χ1n) is 9.36. The Balaban J connectivity index is 1.62. The molecule has 10 heteroatoms. The number of rotatable bonds is 7. The van der Waals surface area contributed by atoms with Crippen molar-refractivity contribution in [3.8, 4) is 0 Å². The molecule has 8 nitrogen and oxygen atoms in total. The van der Waals surface area contributed by atoms with Crippen molar-refractivity contribution in [2.45, 2.75) is 26.3 Å². The molecule has 1 unspecified atom stereocenters. The number of hydrogen-bond acceptors (Lipinski definition) is 6. The molecule has 5 N–H and O–H groups in total. The number of aryl methyl sites for hydroxylation is 1. The predicted octanol–water partition coefficient (Wildman–Crippen LogP) is 3.93. The molecule has 0 aliphatic carbocycles. The average Bonchev–Trinajstić information content (AvgIpc) is 2.99. The van der Waals surface area contributed by atoms with E-state index in [9.17, 15) is 14.7 Å². The normalized spacial score (nSPS) is 16.2. The fraction of sp³-hybridized carbons (Fsp3) is 0.190. The van der Waals surface area contributed by atoms with E-state index < -0.39 is 17.9 Å². The molecule has 2 amide bonds. The van der Waals surface area contributed by atoms with E-state index in [0.29, 0.717) is 21.4 Å². The number of carbonyl (C=O) groups excluding carboxylic acids is 2. The van der Waals surface area contributed by atoms with Gasteiger partial charge in [-0.2, -0.15) is 5.10 Å². The molecule has 1 aliphatic rings. The van der Waals surface area contributed by atoms with Crippen molar-refractivity contribution >= 4 is 52.1 Å². The number of hydrazone groups is 1. The summed E-state index contributed by atoms with van der Waals surface area (Å²) in [6.07, 6.45) is -0.183. The zero-order chi connectivity index (χ0) is 22.5. The molecule has 0 radical (unpaired) electrons. The Morgan fingerprint density at radius 2 is 1.90 bits per heavy atom. The highest BCUT2D eigenvalue weighted by molar-refractivity contribution is 6.36. The Hall–Kier alpha value is -3.23. The number of aliphatic hydroxyl groups excluding tert-OH is 1. The first-order valence-corrected chi connectivity index (χ1v) is 10.1. The van der Waals surface area contributed by atoms with Gasteiger partial charge in [-0.05, 0) is 44.2 Å². The van der Waals surface area contributed by atoms with E-state index in [4.69, 9.17) is 23.2 Å². The van der Waals surface area contributed by atoms with Gasteiger partial charge in [-0.1, -0.05) is 40.9 Å². The number of nitrogens with zero attached hydrogens (tertiary/aromatic N) is 1. The highest BCUT2D eigenvalue weighted by Gasteiger charge is 2.34. The minimum atomic E-state index is -0.866. The van der Waals surface area contributed by atoms with E-state index in [1.807, 2.05) is 31.2 Å². The van der Waals surface area contributed by atoms with E-state index >= 15 is 0 Å². The lowest BCUT2D eigenvalue weighted by molar-refractivity contribution is -0.121. The predicted molar refractivity (Wildman–Crippen MR) is 122 cm³/mol. The van der Waals surface area contributed by atoms with Crippen LogP contribution >= 0.6 is 23.2 Å². The molecule has 0 spiro atoms. The zero-order valence-corrected chi connectivity index (χ0v) is 18.3. The summed E-state index contributed by atoms with van der Waals surface area (Å²) in [5.41, 5.74) is 10.6. The van der Waals surface area contributed by atoms with Crippen molar-refractivity contribution in [1.82, 2.24) is 10.7 Å². The maximum Gasteiger partial charge on any atom is 0.257 e. The van der Waals surface area contributed by atoms with Crippen LogP contribution in [-0.4, -0.2) is 28.7 Å². The SMILES string of the molecule is CC(=NNc1ccc(C)cc1)C1=C(O)C(CC(=O)NNc2ccc(Cl)cc2Cl)NC1=O. The minimum absolute atomic E-state index is 0.0334. The quantitative estimate of drug-likeness (QED) is 0.316. The van der Waals surface area contributed by atoms with Gasteiger partial charge in [-0.3, -0.25) is 25.9 Å². The van der Waals surface area contributed by atoms with Crippen LogP contribution in [0.1, 0.15) is 18.9 Å². The smallest absolute Gasteiger partial charge is 0.257 e. The largest absolute Gasteiger partial charge is 0.509 e. The summed E-state index contributed by atoms with van der Waals surface area (Å²) in [6.45, 7) is 3.57. The monoisotopic (exact) mass is 461 g/mol. The Morgan fingerprint density at radius 3 is 2.58 bits per heavy atom.